The number of rotatable bonds is 13. The molecule has 0 N–H and O–H groups in total. The minimum Gasteiger partial charge on any atom is -0.497 e. The van der Waals surface area contributed by atoms with E-state index in [9.17, 15) is 9.59 Å². The smallest absolute Gasteiger partial charge is 0.310 e. The van der Waals surface area contributed by atoms with Crippen LogP contribution in [0.15, 0.2) is 47.8 Å². The van der Waals surface area contributed by atoms with E-state index >= 15 is 0 Å². The van der Waals surface area contributed by atoms with Gasteiger partial charge in [-0.2, -0.15) is 0 Å². The average Bonchev–Trinajstić information content (AvgIpc) is 3.48. The predicted molar refractivity (Wildman–Crippen MR) is 158 cm³/mol. The number of hydrogen-bond donors (Lipinski definition) is 0. The number of nitrogens with zero attached hydrogens (tertiary/aromatic N) is 3. The fraction of sp³-hybridized carbons (Fsp3) is 0.452. The molecule has 41 heavy (non-hydrogen) atoms. The molecule has 10 heteroatoms. The van der Waals surface area contributed by atoms with Crippen molar-refractivity contribution in [1.29, 1.82) is 0 Å². The molecule has 1 aliphatic rings. The van der Waals surface area contributed by atoms with E-state index in [2.05, 4.69) is 23.1 Å². The van der Waals surface area contributed by atoms with Crippen molar-refractivity contribution < 1.29 is 28.5 Å². The normalized spacial score (nSPS) is 15.0. The molecule has 2 aromatic carbocycles. The number of thiazole rings is 1. The van der Waals surface area contributed by atoms with Gasteiger partial charge in [0, 0.05) is 31.6 Å². The van der Waals surface area contributed by atoms with E-state index in [0.717, 1.165) is 47.7 Å². The highest BCUT2D eigenvalue weighted by Crippen LogP contribution is 2.28. The number of aromatic nitrogens is 1. The Hall–Kier alpha value is -3.63. The van der Waals surface area contributed by atoms with Gasteiger partial charge in [0.2, 0.25) is 0 Å². The summed E-state index contributed by atoms with van der Waals surface area (Å²) in [6.07, 6.45) is 2.32. The number of methoxy groups -OCH3 is 3. The molecular formula is C31H39N3O6S. The lowest BCUT2D eigenvalue weighted by atomic mass is 9.98. The number of benzene rings is 2. The quantitative estimate of drug-likeness (QED) is 0.265. The maximum Gasteiger partial charge on any atom is 0.310 e. The number of amides is 1. The minimum absolute atomic E-state index is 0.131. The Morgan fingerprint density at radius 2 is 1.76 bits per heavy atom. The Kier molecular flexibility index (Phi) is 11.0. The van der Waals surface area contributed by atoms with Crippen molar-refractivity contribution in [1.82, 2.24) is 14.8 Å². The first-order chi connectivity index (χ1) is 19.9. The largest absolute Gasteiger partial charge is 0.497 e. The van der Waals surface area contributed by atoms with Gasteiger partial charge < -0.3 is 23.8 Å². The third kappa shape index (κ3) is 8.20. The van der Waals surface area contributed by atoms with Crippen molar-refractivity contribution in [3.8, 4) is 17.2 Å². The molecule has 1 amide bonds. The maximum absolute atomic E-state index is 13.3. The van der Waals surface area contributed by atoms with Gasteiger partial charge in [-0.25, -0.2) is 4.98 Å². The van der Waals surface area contributed by atoms with Crippen LogP contribution in [0.4, 0.5) is 0 Å². The van der Waals surface area contributed by atoms with Crippen molar-refractivity contribution in [3.63, 3.8) is 0 Å². The topological polar surface area (TPSA) is 90.4 Å². The maximum atomic E-state index is 13.3. The molecule has 0 saturated carbocycles. The average molecular weight is 582 g/mol. The van der Waals surface area contributed by atoms with E-state index in [-0.39, 0.29) is 17.8 Å². The molecule has 1 saturated heterocycles. The summed E-state index contributed by atoms with van der Waals surface area (Å²) in [5.74, 6) is 1.59. The van der Waals surface area contributed by atoms with Crippen LogP contribution < -0.4 is 14.2 Å². The number of ether oxygens (including phenoxy) is 4. The van der Waals surface area contributed by atoms with Crippen LogP contribution in [0.25, 0.3) is 0 Å². The van der Waals surface area contributed by atoms with Gasteiger partial charge in [0.15, 0.2) is 11.5 Å². The number of hydrogen-bond acceptors (Lipinski definition) is 9. The van der Waals surface area contributed by atoms with Crippen molar-refractivity contribution in [2.24, 2.45) is 5.92 Å². The van der Waals surface area contributed by atoms with Gasteiger partial charge in [-0.1, -0.05) is 18.2 Å². The first kappa shape index (κ1) is 30.3. The highest BCUT2D eigenvalue weighted by Gasteiger charge is 2.30. The number of esters is 1. The highest BCUT2D eigenvalue weighted by molar-refractivity contribution is 7.09. The van der Waals surface area contributed by atoms with Crippen LogP contribution in [0.2, 0.25) is 0 Å². The summed E-state index contributed by atoms with van der Waals surface area (Å²) in [6.45, 7) is 5.23. The summed E-state index contributed by atoms with van der Waals surface area (Å²) >= 11 is 1.49. The van der Waals surface area contributed by atoms with Crippen LogP contribution in [-0.4, -0.2) is 74.2 Å². The van der Waals surface area contributed by atoms with Crippen LogP contribution in [-0.2, 0) is 29.0 Å². The molecule has 0 bridgehead atoms. The van der Waals surface area contributed by atoms with Gasteiger partial charge in [0.1, 0.15) is 16.5 Å². The Morgan fingerprint density at radius 3 is 2.46 bits per heavy atom. The molecule has 4 rings (SSSR count). The summed E-state index contributed by atoms with van der Waals surface area (Å²) in [6, 6.07) is 14.0. The summed E-state index contributed by atoms with van der Waals surface area (Å²) in [5, 5.41) is 2.69. The van der Waals surface area contributed by atoms with Gasteiger partial charge >= 0.3 is 5.97 Å². The van der Waals surface area contributed by atoms with Gasteiger partial charge in [-0.3, -0.25) is 14.5 Å². The van der Waals surface area contributed by atoms with E-state index in [1.54, 1.807) is 33.2 Å². The van der Waals surface area contributed by atoms with E-state index in [4.69, 9.17) is 23.9 Å². The lowest BCUT2D eigenvalue weighted by Crippen LogP contribution is -2.43. The predicted octanol–water partition coefficient (Wildman–Crippen LogP) is 4.83. The number of likely N-dealkylation sites (tertiary alicyclic amines) is 1. The zero-order valence-corrected chi connectivity index (χ0v) is 25.1. The molecular weight excluding hydrogens is 542 g/mol. The van der Waals surface area contributed by atoms with E-state index in [1.807, 2.05) is 29.6 Å². The van der Waals surface area contributed by atoms with E-state index in [1.165, 1.54) is 11.3 Å². The standard InChI is InChI=1S/C31H39N3O6S/c1-5-40-31(36)24-7-6-15-34(19-24)30(35)26-21-41-29(32-26)20-33(18-23-8-11-25(37-2)12-9-23)16-14-22-10-13-27(38-3)28(17-22)39-4/h8-13,17,21,24H,5-7,14-16,18-20H2,1-4H3. The molecule has 0 radical (unpaired) electrons. The Morgan fingerprint density at radius 1 is 1.00 bits per heavy atom. The Balaban J connectivity index is 1.45. The molecule has 1 unspecified atom stereocenters. The highest BCUT2D eigenvalue weighted by atomic mass is 32.1. The number of carbonyl (C=O) groups excluding carboxylic acids is 2. The summed E-state index contributed by atoms with van der Waals surface area (Å²) in [7, 11) is 4.93. The third-order valence-electron chi connectivity index (χ3n) is 7.19. The summed E-state index contributed by atoms with van der Waals surface area (Å²) < 4.78 is 21.4. The lowest BCUT2D eigenvalue weighted by Gasteiger charge is -2.31. The first-order valence-corrected chi connectivity index (χ1v) is 14.8. The zero-order valence-electron chi connectivity index (χ0n) is 24.3. The van der Waals surface area contributed by atoms with Crippen molar-refractivity contribution in [2.75, 3.05) is 47.6 Å². The van der Waals surface area contributed by atoms with Crippen LogP contribution in [0.3, 0.4) is 0 Å². The monoisotopic (exact) mass is 581 g/mol. The molecule has 1 aromatic heterocycles. The molecule has 0 aliphatic carbocycles. The van der Waals surface area contributed by atoms with E-state index in [0.29, 0.717) is 50.0 Å². The Labute approximate surface area is 246 Å². The molecule has 9 nitrogen and oxygen atoms in total. The van der Waals surface area contributed by atoms with Gasteiger partial charge in [0.25, 0.3) is 5.91 Å². The lowest BCUT2D eigenvalue weighted by molar-refractivity contribution is -0.149. The molecule has 1 atom stereocenters. The molecule has 2 heterocycles. The minimum atomic E-state index is -0.276. The number of carbonyl (C=O) groups is 2. The van der Waals surface area contributed by atoms with E-state index < -0.39 is 0 Å². The fourth-order valence-electron chi connectivity index (χ4n) is 4.98. The van der Waals surface area contributed by atoms with Crippen LogP contribution in [0.1, 0.15) is 46.4 Å². The number of piperidine rings is 1. The van der Waals surface area contributed by atoms with Crippen molar-refractivity contribution in [3.05, 3.63) is 69.7 Å². The van der Waals surface area contributed by atoms with Crippen LogP contribution >= 0.6 is 11.3 Å². The van der Waals surface area contributed by atoms with Crippen LogP contribution in [0.5, 0.6) is 17.2 Å². The first-order valence-electron chi connectivity index (χ1n) is 13.9. The molecule has 220 valence electrons. The second-order valence-corrected chi connectivity index (χ2v) is 10.9. The van der Waals surface area contributed by atoms with Gasteiger partial charge in [0.05, 0.1) is 40.4 Å². The summed E-state index contributed by atoms with van der Waals surface area (Å²) in [5.41, 5.74) is 2.72. The second-order valence-electron chi connectivity index (χ2n) is 9.97. The second kappa shape index (κ2) is 14.8. The molecule has 1 fully saturated rings. The van der Waals surface area contributed by atoms with Crippen molar-refractivity contribution >= 4 is 23.2 Å². The SMILES string of the molecule is CCOC(=O)C1CCCN(C(=O)c2csc(CN(CCc3ccc(OC)c(OC)c3)Cc3ccc(OC)cc3)n2)C1. The third-order valence-corrected chi connectivity index (χ3v) is 8.02. The van der Waals surface area contributed by atoms with Gasteiger partial charge in [-0.05, 0) is 61.6 Å². The van der Waals surface area contributed by atoms with Gasteiger partial charge in [-0.15, -0.1) is 11.3 Å². The Bertz CT molecular complexity index is 1300. The molecule has 1 aliphatic heterocycles. The van der Waals surface area contributed by atoms with Crippen LogP contribution in [0, 0.1) is 5.92 Å². The molecule has 0 spiro atoms. The zero-order chi connectivity index (χ0) is 29.2. The fourth-order valence-corrected chi connectivity index (χ4v) is 5.78. The summed E-state index contributed by atoms with van der Waals surface area (Å²) in [4.78, 5) is 34.3. The molecule has 3 aromatic rings. The van der Waals surface area contributed by atoms with Crippen molar-refractivity contribution in [2.45, 2.75) is 39.3 Å².